The summed E-state index contributed by atoms with van der Waals surface area (Å²) in [6, 6.07) is -0.739. The van der Waals surface area contributed by atoms with E-state index < -0.39 is 18.2 Å². The van der Waals surface area contributed by atoms with Crippen LogP contribution in [-0.2, 0) is 14.3 Å². The average Bonchev–Trinajstić information content (AvgIpc) is 3.18. The largest absolute Gasteiger partial charge is 0.458 e. The summed E-state index contributed by atoms with van der Waals surface area (Å²) in [6.45, 7) is 6.30. The number of carbonyl (C=O) groups excluding carboxylic acids is 2. The SMILES string of the molecule is CC/C=C/C/C=C/C/C=C/C/C=C/C/C=C/C(CC(=O)NC(CO)C(O)CCCCCCCCCCCCCC)OC(=O)CCCCCCCCCCCC. The lowest BCUT2D eigenvalue weighted by atomic mass is 10.0. The molecule has 0 aromatic carbocycles. The average molecular weight is 770 g/mol. The van der Waals surface area contributed by atoms with E-state index >= 15 is 0 Å². The number of esters is 1. The van der Waals surface area contributed by atoms with Crippen molar-refractivity contribution in [2.75, 3.05) is 6.61 Å². The Bertz CT molecular complexity index is 999. The first-order chi connectivity index (χ1) is 27.0. The number of rotatable bonds is 40. The van der Waals surface area contributed by atoms with Crippen LogP contribution >= 0.6 is 0 Å². The van der Waals surface area contributed by atoms with Crippen LogP contribution in [0.25, 0.3) is 0 Å². The van der Waals surface area contributed by atoms with Gasteiger partial charge in [-0.15, -0.1) is 0 Å². The second-order valence-corrected chi connectivity index (χ2v) is 15.4. The van der Waals surface area contributed by atoms with Gasteiger partial charge in [-0.25, -0.2) is 0 Å². The zero-order chi connectivity index (χ0) is 40.3. The summed E-state index contributed by atoms with van der Waals surface area (Å²) in [5.41, 5.74) is 0. The quantitative estimate of drug-likeness (QED) is 0.0328. The fraction of sp³-hybridized carbons (Fsp3) is 0.755. The molecule has 0 fully saturated rings. The summed E-state index contributed by atoms with van der Waals surface area (Å²) in [7, 11) is 0. The van der Waals surface area contributed by atoms with E-state index in [2.05, 4.69) is 74.7 Å². The van der Waals surface area contributed by atoms with Crippen molar-refractivity contribution >= 4 is 11.9 Å². The van der Waals surface area contributed by atoms with Crippen LogP contribution in [0.15, 0.2) is 60.8 Å². The predicted molar refractivity (Wildman–Crippen MR) is 236 cm³/mol. The Kier molecular flexibility index (Phi) is 40.8. The molecule has 55 heavy (non-hydrogen) atoms. The second kappa shape index (κ2) is 42.7. The van der Waals surface area contributed by atoms with Crippen molar-refractivity contribution in [3.05, 3.63) is 60.8 Å². The van der Waals surface area contributed by atoms with E-state index in [1.54, 1.807) is 6.08 Å². The molecule has 3 N–H and O–H groups in total. The molecule has 0 saturated carbocycles. The molecule has 6 nitrogen and oxygen atoms in total. The molecule has 0 aromatic rings. The first-order valence-corrected chi connectivity index (χ1v) is 23.0. The van der Waals surface area contributed by atoms with E-state index in [1.165, 1.54) is 103 Å². The van der Waals surface area contributed by atoms with Crippen molar-refractivity contribution < 1.29 is 24.5 Å². The van der Waals surface area contributed by atoms with Crippen LogP contribution in [0.3, 0.4) is 0 Å². The topological polar surface area (TPSA) is 95.9 Å². The molecule has 0 radical (unpaired) electrons. The minimum atomic E-state index is -0.817. The lowest BCUT2D eigenvalue weighted by Crippen LogP contribution is -2.46. The Morgan fingerprint density at radius 2 is 0.945 bits per heavy atom. The standard InChI is InChI=1S/C49H87NO5/c1-4-7-10-13-16-19-22-24-25-26-28-31-34-37-40-45(55-49(54)42-39-36-33-30-21-18-15-12-9-6-3)43-48(53)50-46(44-51)47(52)41-38-35-32-29-27-23-20-17-14-11-8-5-2/h7,10,16,19,24-25,28,31,37,40,45-47,51-52H,4-6,8-9,11-15,17-18,20-23,26-27,29-30,32-36,38-39,41-44H2,1-3H3,(H,50,53)/b10-7+,19-16+,25-24+,31-28+,40-37+. The molecule has 0 aromatic heterocycles. The maximum Gasteiger partial charge on any atom is 0.306 e. The highest BCUT2D eigenvalue weighted by molar-refractivity contribution is 5.78. The van der Waals surface area contributed by atoms with Crippen LogP contribution in [0, 0.1) is 0 Å². The summed E-state index contributed by atoms with van der Waals surface area (Å²) >= 11 is 0. The summed E-state index contributed by atoms with van der Waals surface area (Å²) < 4.78 is 5.78. The van der Waals surface area contributed by atoms with Crippen LogP contribution in [0.4, 0.5) is 0 Å². The summed E-state index contributed by atoms with van der Waals surface area (Å²) in [6.07, 6.45) is 51.7. The van der Waals surface area contributed by atoms with Gasteiger partial charge in [0.05, 0.1) is 25.2 Å². The molecule has 318 valence electrons. The van der Waals surface area contributed by atoms with Crippen LogP contribution in [0.2, 0.25) is 0 Å². The minimum absolute atomic E-state index is 0.0453. The highest BCUT2D eigenvalue weighted by atomic mass is 16.5. The summed E-state index contributed by atoms with van der Waals surface area (Å²) in [5, 5.41) is 23.6. The first kappa shape index (κ1) is 52.6. The van der Waals surface area contributed by atoms with Gasteiger partial charge in [0.1, 0.15) is 6.10 Å². The van der Waals surface area contributed by atoms with Gasteiger partial charge in [-0.3, -0.25) is 9.59 Å². The molecule has 0 bridgehead atoms. The van der Waals surface area contributed by atoms with Gasteiger partial charge in [0.25, 0.3) is 0 Å². The van der Waals surface area contributed by atoms with Gasteiger partial charge in [-0.1, -0.05) is 210 Å². The van der Waals surface area contributed by atoms with Crippen molar-refractivity contribution in [2.24, 2.45) is 0 Å². The molecular formula is C49H87NO5. The molecule has 6 heteroatoms. The van der Waals surface area contributed by atoms with E-state index in [1.807, 2.05) is 6.08 Å². The van der Waals surface area contributed by atoms with Crippen LogP contribution in [0.1, 0.15) is 213 Å². The van der Waals surface area contributed by atoms with Gasteiger partial charge in [0.15, 0.2) is 0 Å². The number of carbonyl (C=O) groups is 2. The van der Waals surface area contributed by atoms with E-state index in [-0.39, 0.29) is 24.9 Å². The molecular weight excluding hydrogens is 683 g/mol. The lowest BCUT2D eigenvalue weighted by molar-refractivity contribution is -0.148. The van der Waals surface area contributed by atoms with Gasteiger partial charge in [0, 0.05) is 6.42 Å². The first-order valence-electron chi connectivity index (χ1n) is 23.0. The maximum atomic E-state index is 13.1. The Morgan fingerprint density at radius 3 is 1.38 bits per heavy atom. The molecule has 0 spiro atoms. The van der Waals surface area contributed by atoms with Crippen molar-refractivity contribution in [3.8, 4) is 0 Å². The zero-order valence-corrected chi connectivity index (χ0v) is 36.0. The van der Waals surface area contributed by atoms with E-state index in [9.17, 15) is 19.8 Å². The number of unbranched alkanes of at least 4 members (excludes halogenated alkanes) is 20. The Hall–Kier alpha value is -2.44. The van der Waals surface area contributed by atoms with Crippen molar-refractivity contribution in [2.45, 2.75) is 232 Å². The van der Waals surface area contributed by atoms with Crippen LogP contribution < -0.4 is 5.32 Å². The molecule has 3 unspecified atom stereocenters. The number of aliphatic hydroxyl groups is 2. The number of hydrogen-bond donors (Lipinski definition) is 3. The second-order valence-electron chi connectivity index (χ2n) is 15.4. The third-order valence-corrected chi connectivity index (χ3v) is 10.1. The monoisotopic (exact) mass is 770 g/mol. The molecule has 0 aliphatic rings. The van der Waals surface area contributed by atoms with Crippen LogP contribution in [0.5, 0.6) is 0 Å². The number of allylic oxidation sites excluding steroid dienone is 9. The fourth-order valence-electron chi connectivity index (χ4n) is 6.63. The number of nitrogens with one attached hydrogen (secondary N) is 1. The maximum absolute atomic E-state index is 13.1. The van der Waals surface area contributed by atoms with Crippen molar-refractivity contribution in [1.29, 1.82) is 0 Å². The molecule has 0 heterocycles. The highest BCUT2D eigenvalue weighted by Gasteiger charge is 2.23. The summed E-state index contributed by atoms with van der Waals surface area (Å²) in [5.74, 6) is -0.630. The molecule has 0 aliphatic heterocycles. The zero-order valence-electron chi connectivity index (χ0n) is 36.0. The van der Waals surface area contributed by atoms with Crippen molar-refractivity contribution in [1.82, 2.24) is 5.32 Å². The van der Waals surface area contributed by atoms with E-state index in [0.29, 0.717) is 19.3 Å². The summed E-state index contributed by atoms with van der Waals surface area (Å²) in [4.78, 5) is 25.9. The van der Waals surface area contributed by atoms with Gasteiger partial charge >= 0.3 is 5.97 Å². The van der Waals surface area contributed by atoms with Crippen molar-refractivity contribution in [3.63, 3.8) is 0 Å². The number of aliphatic hydroxyl groups excluding tert-OH is 2. The minimum Gasteiger partial charge on any atom is -0.458 e. The van der Waals surface area contributed by atoms with Crippen LogP contribution in [-0.4, -0.2) is 46.9 Å². The lowest BCUT2D eigenvalue weighted by Gasteiger charge is -2.23. The van der Waals surface area contributed by atoms with Gasteiger partial charge < -0.3 is 20.3 Å². The molecule has 1 amide bonds. The molecule has 0 saturated heterocycles. The number of ether oxygens (including phenoxy) is 1. The Labute approximate surface area is 339 Å². The van der Waals surface area contributed by atoms with Gasteiger partial charge in [0.2, 0.25) is 5.91 Å². The molecule has 0 aliphatic carbocycles. The highest BCUT2D eigenvalue weighted by Crippen LogP contribution is 2.15. The Morgan fingerprint density at radius 1 is 0.545 bits per heavy atom. The van der Waals surface area contributed by atoms with E-state index in [0.717, 1.165) is 64.2 Å². The number of hydrogen-bond acceptors (Lipinski definition) is 5. The molecule has 0 rings (SSSR count). The molecule has 3 atom stereocenters. The Balaban J connectivity index is 4.76. The predicted octanol–water partition coefficient (Wildman–Crippen LogP) is 13.3. The fourth-order valence-corrected chi connectivity index (χ4v) is 6.63. The normalized spacial score (nSPS) is 13.9. The van der Waals surface area contributed by atoms with E-state index in [4.69, 9.17) is 4.74 Å². The third kappa shape index (κ3) is 38.2. The smallest absolute Gasteiger partial charge is 0.306 e. The van der Waals surface area contributed by atoms with Gasteiger partial charge in [-0.2, -0.15) is 0 Å². The number of amides is 1. The third-order valence-electron chi connectivity index (χ3n) is 10.1. The van der Waals surface area contributed by atoms with Gasteiger partial charge in [-0.05, 0) is 51.0 Å².